The molecule has 0 bridgehead atoms. The summed E-state index contributed by atoms with van der Waals surface area (Å²) in [5, 5.41) is 0. The summed E-state index contributed by atoms with van der Waals surface area (Å²) in [7, 11) is 0. The highest BCUT2D eigenvalue weighted by atomic mass is 16.5. The van der Waals surface area contributed by atoms with Crippen molar-refractivity contribution in [2.45, 2.75) is 38.7 Å². The largest absolute Gasteiger partial charge is 0.494 e. The van der Waals surface area contributed by atoms with Gasteiger partial charge in [-0.1, -0.05) is 6.07 Å². The van der Waals surface area contributed by atoms with Crippen LogP contribution in [0.25, 0.3) is 0 Å². The molecule has 1 aliphatic rings. The Labute approximate surface area is 91.2 Å². The second-order valence-electron chi connectivity index (χ2n) is 3.93. The fraction of sp³-hybridized carbons (Fsp3) is 0.538. The first-order chi connectivity index (χ1) is 7.38. The fourth-order valence-electron chi connectivity index (χ4n) is 2.00. The molecule has 2 rings (SSSR count). The Balaban J connectivity index is 1.97. The molecule has 0 spiro atoms. The molecule has 0 N–H and O–H groups in total. The van der Waals surface area contributed by atoms with E-state index in [-0.39, 0.29) is 0 Å². The highest BCUT2D eigenvalue weighted by Gasteiger charge is 2.16. The van der Waals surface area contributed by atoms with E-state index in [0.717, 1.165) is 11.5 Å². The van der Waals surface area contributed by atoms with Crippen LogP contribution in [0.2, 0.25) is 0 Å². The van der Waals surface area contributed by atoms with Crippen molar-refractivity contribution in [3.63, 3.8) is 0 Å². The van der Waals surface area contributed by atoms with Crippen LogP contribution in [0.5, 0.6) is 11.5 Å². The zero-order valence-electron chi connectivity index (χ0n) is 9.24. The van der Waals surface area contributed by atoms with Crippen LogP contribution in [0.15, 0.2) is 24.3 Å². The van der Waals surface area contributed by atoms with Crippen LogP contribution in [0.3, 0.4) is 0 Å². The lowest BCUT2D eigenvalue weighted by Crippen LogP contribution is -2.10. The SMILES string of the molecule is CCOc1cccc(OC2CCCC2)c1. The third kappa shape index (κ3) is 2.88. The minimum atomic E-state index is 0.418. The van der Waals surface area contributed by atoms with Crippen molar-refractivity contribution in [2.75, 3.05) is 6.61 Å². The van der Waals surface area contributed by atoms with Gasteiger partial charge in [0.05, 0.1) is 12.7 Å². The topological polar surface area (TPSA) is 18.5 Å². The van der Waals surface area contributed by atoms with Gasteiger partial charge in [0.2, 0.25) is 0 Å². The molecular formula is C13H18O2. The fourth-order valence-corrected chi connectivity index (χ4v) is 2.00. The van der Waals surface area contributed by atoms with Crippen molar-refractivity contribution in [1.82, 2.24) is 0 Å². The second kappa shape index (κ2) is 5.06. The van der Waals surface area contributed by atoms with Crippen LogP contribution in [-0.4, -0.2) is 12.7 Å². The van der Waals surface area contributed by atoms with Crippen LogP contribution in [0.4, 0.5) is 0 Å². The first kappa shape index (κ1) is 10.3. The predicted octanol–water partition coefficient (Wildman–Crippen LogP) is 3.41. The van der Waals surface area contributed by atoms with E-state index in [2.05, 4.69) is 0 Å². The average molecular weight is 206 g/mol. The lowest BCUT2D eigenvalue weighted by Gasteiger charge is -2.13. The predicted molar refractivity (Wildman–Crippen MR) is 60.5 cm³/mol. The molecule has 0 aliphatic heterocycles. The summed E-state index contributed by atoms with van der Waals surface area (Å²) < 4.78 is 11.3. The van der Waals surface area contributed by atoms with Gasteiger partial charge in [0.25, 0.3) is 0 Å². The number of hydrogen-bond donors (Lipinski definition) is 0. The maximum atomic E-state index is 5.88. The maximum Gasteiger partial charge on any atom is 0.123 e. The zero-order chi connectivity index (χ0) is 10.5. The van der Waals surface area contributed by atoms with Crippen molar-refractivity contribution >= 4 is 0 Å². The van der Waals surface area contributed by atoms with Gasteiger partial charge < -0.3 is 9.47 Å². The van der Waals surface area contributed by atoms with Gasteiger partial charge in [0, 0.05) is 6.07 Å². The number of hydrogen-bond acceptors (Lipinski definition) is 2. The molecule has 1 aliphatic carbocycles. The van der Waals surface area contributed by atoms with Gasteiger partial charge in [-0.2, -0.15) is 0 Å². The Morgan fingerprint density at radius 3 is 2.67 bits per heavy atom. The molecule has 0 saturated heterocycles. The van der Waals surface area contributed by atoms with Crippen LogP contribution in [0, 0.1) is 0 Å². The van der Waals surface area contributed by atoms with Crippen LogP contribution in [0.1, 0.15) is 32.6 Å². The lowest BCUT2D eigenvalue weighted by atomic mass is 10.3. The standard InChI is InChI=1S/C13H18O2/c1-2-14-12-8-5-9-13(10-12)15-11-6-3-4-7-11/h5,8-11H,2-4,6-7H2,1H3. The van der Waals surface area contributed by atoms with E-state index < -0.39 is 0 Å². The van der Waals surface area contributed by atoms with Gasteiger partial charge in [-0.15, -0.1) is 0 Å². The summed E-state index contributed by atoms with van der Waals surface area (Å²) in [4.78, 5) is 0. The Morgan fingerprint density at radius 2 is 1.93 bits per heavy atom. The van der Waals surface area contributed by atoms with E-state index in [1.165, 1.54) is 25.7 Å². The van der Waals surface area contributed by atoms with Crippen molar-refractivity contribution in [1.29, 1.82) is 0 Å². The molecule has 0 amide bonds. The molecular weight excluding hydrogens is 188 g/mol. The highest BCUT2D eigenvalue weighted by molar-refractivity contribution is 5.33. The summed E-state index contributed by atoms with van der Waals surface area (Å²) in [6.45, 7) is 2.69. The highest BCUT2D eigenvalue weighted by Crippen LogP contribution is 2.26. The molecule has 0 heterocycles. The van der Waals surface area contributed by atoms with E-state index >= 15 is 0 Å². The van der Waals surface area contributed by atoms with Crippen molar-refractivity contribution in [2.24, 2.45) is 0 Å². The van der Waals surface area contributed by atoms with Crippen molar-refractivity contribution in [3.8, 4) is 11.5 Å². The zero-order valence-corrected chi connectivity index (χ0v) is 9.24. The summed E-state index contributed by atoms with van der Waals surface area (Å²) in [6, 6.07) is 7.92. The Morgan fingerprint density at radius 1 is 1.20 bits per heavy atom. The normalized spacial score (nSPS) is 16.6. The van der Waals surface area contributed by atoms with Crippen molar-refractivity contribution < 1.29 is 9.47 Å². The van der Waals surface area contributed by atoms with Gasteiger partial charge in [-0.25, -0.2) is 0 Å². The molecule has 2 nitrogen and oxygen atoms in total. The average Bonchev–Trinajstić information content (AvgIpc) is 2.71. The summed E-state index contributed by atoms with van der Waals surface area (Å²) in [6.07, 6.45) is 5.41. The van der Waals surface area contributed by atoms with Crippen molar-refractivity contribution in [3.05, 3.63) is 24.3 Å². The molecule has 2 heteroatoms. The summed E-state index contributed by atoms with van der Waals surface area (Å²) in [5.41, 5.74) is 0. The molecule has 1 saturated carbocycles. The van der Waals surface area contributed by atoms with E-state index in [0.29, 0.717) is 12.7 Å². The van der Waals surface area contributed by atoms with Gasteiger partial charge >= 0.3 is 0 Å². The Kier molecular flexibility index (Phi) is 3.49. The molecule has 1 aromatic rings. The smallest absolute Gasteiger partial charge is 0.123 e. The van der Waals surface area contributed by atoms with Crippen LogP contribution >= 0.6 is 0 Å². The third-order valence-corrected chi connectivity index (χ3v) is 2.72. The van der Waals surface area contributed by atoms with Gasteiger partial charge in [-0.05, 0) is 44.7 Å². The molecule has 0 aromatic heterocycles. The molecule has 0 unspecified atom stereocenters. The first-order valence-corrected chi connectivity index (χ1v) is 5.78. The minimum absolute atomic E-state index is 0.418. The van der Waals surface area contributed by atoms with E-state index in [9.17, 15) is 0 Å². The molecule has 1 fully saturated rings. The lowest BCUT2D eigenvalue weighted by molar-refractivity contribution is 0.209. The van der Waals surface area contributed by atoms with E-state index in [4.69, 9.17) is 9.47 Å². The maximum absolute atomic E-state index is 5.88. The van der Waals surface area contributed by atoms with Crippen LogP contribution in [-0.2, 0) is 0 Å². The number of benzene rings is 1. The summed E-state index contributed by atoms with van der Waals surface area (Å²) >= 11 is 0. The summed E-state index contributed by atoms with van der Waals surface area (Å²) in [5.74, 6) is 1.83. The molecule has 1 aromatic carbocycles. The Hall–Kier alpha value is -1.18. The number of ether oxygens (including phenoxy) is 2. The van der Waals surface area contributed by atoms with Gasteiger partial charge in [0.1, 0.15) is 11.5 Å². The second-order valence-corrected chi connectivity index (χ2v) is 3.93. The molecule has 0 radical (unpaired) electrons. The van der Waals surface area contributed by atoms with Gasteiger partial charge in [-0.3, -0.25) is 0 Å². The first-order valence-electron chi connectivity index (χ1n) is 5.78. The molecule has 15 heavy (non-hydrogen) atoms. The monoisotopic (exact) mass is 206 g/mol. The molecule has 0 atom stereocenters. The van der Waals surface area contributed by atoms with Gasteiger partial charge in [0.15, 0.2) is 0 Å². The third-order valence-electron chi connectivity index (χ3n) is 2.72. The van der Waals surface area contributed by atoms with E-state index in [1.807, 2.05) is 31.2 Å². The number of rotatable bonds is 4. The Bertz CT molecular complexity index is 303. The molecule has 82 valence electrons. The minimum Gasteiger partial charge on any atom is -0.494 e. The quantitative estimate of drug-likeness (QED) is 0.751. The van der Waals surface area contributed by atoms with E-state index in [1.54, 1.807) is 0 Å². The van der Waals surface area contributed by atoms with Crippen LogP contribution < -0.4 is 9.47 Å².